The molecule has 0 N–H and O–H groups in total. The van der Waals surface area contributed by atoms with Gasteiger partial charge >= 0.3 is 15.5 Å². The Morgan fingerprint density at radius 1 is 1.33 bits per heavy atom. The first-order valence-electron chi connectivity index (χ1n) is 3.99. The molecule has 0 heterocycles. The molecule has 0 aliphatic carbocycles. The van der Waals surface area contributed by atoms with Crippen LogP contribution in [0.4, 0.5) is 13.2 Å². The van der Waals surface area contributed by atoms with E-state index in [-0.39, 0.29) is 4.31 Å². The van der Waals surface area contributed by atoms with E-state index in [0.29, 0.717) is 0 Å². The van der Waals surface area contributed by atoms with Crippen LogP contribution in [0, 0.1) is 17.2 Å². The molecule has 0 bridgehead atoms. The highest BCUT2D eigenvalue weighted by Gasteiger charge is 2.50. The lowest BCUT2D eigenvalue weighted by Crippen LogP contribution is -2.45. The Hall–Kier alpha value is -0.810. The van der Waals surface area contributed by atoms with Gasteiger partial charge in [-0.25, -0.2) is 8.42 Å². The number of alkyl halides is 3. The summed E-state index contributed by atoms with van der Waals surface area (Å²) in [5.74, 6) is -0.517. The molecule has 0 rings (SSSR count). The lowest BCUT2D eigenvalue weighted by Gasteiger charge is -2.25. The second-order valence-corrected chi connectivity index (χ2v) is 5.27. The first-order chi connectivity index (χ1) is 6.55. The molecule has 0 amide bonds. The SMILES string of the molecule is CC(C)C(C#N)N(C)S(=O)(=O)C(F)(F)F. The Morgan fingerprint density at radius 3 is 1.93 bits per heavy atom. The van der Waals surface area contributed by atoms with Gasteiger partial charge in [0.05, 0.1) is 6.07 Å². The van der Waals surface area contributed by atoms with Crippen molar-refractivity contribution in [2.24, 2.45) is 5.92 Å². The van der Waals surface area contributed by atoms with Crippen LogP contribution in [0.25, 0.3) is 0 Å². The minimum Gasteiger partial charge on any atom is -0.203 e. The molecule has 88 valence electrons. The average molecular weight is 244 g/mol. The summed E-state index contributed by atoms with van der Waals surface area (Å²) in [6, 6.07) is 0.204. The molecule has 0 saturated carbocycles. The van der Waals surface area contributed by atoms with Crippen LogP contribution in [-0.2, 0) is 10.0 Å². The first kappa shape index (κ1) is 14.2. The Kier molecular flexibility index (Phi) is 4.13. The maximum absolute atomic E-state index is 12.1. The Balaban J connectivity index is 5.20. The van der Waals surface area contributed by atoms with Crippen molar-refractivity contribution in [1.82, 2.24) is 4.31 Å². The Bertz CT molecular complexity index is 355. The molecular weight excluding hydrogens is 233 g/mol. The number of sulfonamides is 1. The molecule has 0 aliphatic rings. The Morgan fingerprint density at radius 2 is 1.73 bits per heavy atom. The molecule has 0 aliphatic heterocycles. The van der Waals surface area contributed by atoms with Gasteiger partial charge < -0.3 is 0 Å². The van der Waals surface area contributed by atoms with Gasteiger partial charge in [-0.2, -0.15) is 22.7 Å². The van der Waals surface area contributed by atoms with Crippen LogP contribution in [0.2, 0.25) is 0 Å². The van der Waals surface area contributed by atoms with Crippen LogP contribution in [0.3, 0.4) is 0 Å². The summed E-state index contributed by atoms with van der Waals surface area (Å²) < 4.78 is 58.2. The van der Waals surface area contributed by atoms with Crippen molar-refractivity contribution < 1.29 is 21.6 Å². The average Bonchev–Trinajstić information content (AvgIpc) is 2.02. The number of rotatable bonds is 3. The zero-order valence-electron chi connectivity index (χ0n) is 8.41. The summed E-state index contributed by atoms with van der Waals surface area (Å²) in [4.78, 5) is 0. The van der Waals surface area contributed by atoms with Gasteiger partial charge in [0.2, 0.25) is 0 Å². The summed E-state index contributed by atoms with van der Waals surface area (Å²) >= 11 is 0. The van der Waals surface area contributed by atoms with Crippen molar-refractivity contribution in [3.63, 3.8) is 0 Å². The van der Waals surface area contributed by atoms with E-state index in [1.165, 1.54) is 19.9 Å². The first-order valence-corrected chi connectivity index (χ1v) is 5.43. The van der Waals surface area contributed by atoms with Gasteiger partial charge in [0.25, 0.3) is 0 Å². The highest BCUT2D eigenvalue weighted by atomic mass is 32.2. The van der Waals surface area contributed by atoms with Crippen LogP contribution in [0.1, 0.15) is 13.8 Å². The van der Waals surface area contributed by atoms with Crippen molar-refractivity contribution >= 4 is 10.0 Å². The molecule has 1 unspecified atom stereocenters. The molecular formula is C7H11F3N2O2S. The van der Waals surface area contributed by atoms with Gasteiger partial charge in [-0.3, -0.25) is 0 Å². The second kappa shape index (κ2) is 4.37. The van der Waals surface area contributed by atoms with E-state index in [9.17, 15) is 21.6 Å². The highest BCUT2D eigenvalue weighted by Crippen LogP contribution is 2.28. The summed E-state index contributed by atoms with van der Waals surface area (Å²) in [7, 11) is -4.68. The fourth-order valence-electron chi connectivity index (χ4n) is 0.963. The summed E-state index contributed by atoms with van der Waals surface area (Å²) in [5.41, 5.74) is -5.37. The monoisotopic (exact) mass is 244 g/mol. The zero-order valence-corrected chi connectivity index (χ0v) is 9.22. The molecule has 0 spiro atoms. The van der Waals surface area contributed by atoms with Crippen LogP contribution >= 0.6 is 0 Å². The number of hydrogen-bond donors (Lipinski definition) is 0. The molecule has 0 radical (unpaired) electrons. The van der Waals surface area contributed by atoms with Gasteiger partial charge in [0.1, 0.15) is 6.04 Å². The summed E-state index contributed by atoms with van der Waals surface area (Å²) in [6.07, 6.45) is 0. The molecule has 0 saturated heterocycles. The van der Waals surface area contributed by atoms with Crippen molar-refractivity contribution in [1.29, 1.82) is 5.26 Å². The highest BCUT2D eigenvalue weighted by molar-refractivity contribution is 7.90. The molecule has 1 atom stereocenters. The number of hydrogen-bond acceptors (Lipinski definition) is 3. The van der Waals surface area contributed by atoms with Crippen molar-refractivity contribution in [2.45, 2.75) is 25.4 Å². The van der Waals surface area contributed by atoms with E-state index < -0.39 is 27.5 Å². The molecule has 0 fully saturated rings. The van der Waals surface area contributed by atoms with Crippen molar-refractivity contribution in [3.8, 4) is 6.07 Å². The fourth-order valence-corrected chi connectivity index (χ4v) is 1.88. The standard InChI is InChI=1S/C7H11F3N2O2S/c1-5(2)6(4-11)12(3)15(13,14)7(8,9)10/h5-6H,1-3H3. The predicted molar refractivity (Wildman–Crippen MR) is 47.0 cm³/mol. The number of nitrogens with zero attached hydrogens (tertiary/aromatic N) is 2. The molecule has 4 nitrogen and oxygen atoms in total. The normalized spacial score (nSPS) is 15.4. The Labute approximate surface area is 86.3 Å². The third kappa shape index (κ3) is 2.82. The third-order valence-corrected chi connectivity index (χ3v) is 3.40. The van der Waals surface area contributed by atoms with Crippen LogP contribution in [0.15, 0.2) is 0 Å². The maximum Gasteiger partial charge on any atom is 0.511 e. The van der Waals surface area contributed by atoms with Crippen molar-refractivity contribution in [3.05, 3.63) is 0 Å². The minimum absolute atomic E-state index is 0.0532. The summed E-state index contributed by atoms with van der Waals surface area (Å²) in [5, 5.41) is 8.57. The molecule has 0 aromatic heterocycles. The third-order valence-electron chi connectivity index (χ3n) is 1.83. The van der Waals surface area contributed by atoms with E-state index in [0.717, 1.165) is 7.05 Å². The number of nitriles is 1. The molecule has 15 heavy (non-hydrogen) atoms. The minimum atomic E-state index is -5.42. The van der Waals surface area contributed by atoms with E-state index in [2.05, 4.69) is 0 Å². The van der Waals surface area contributed by atoms with Gasteiger partial charge in [-0.1, -0.05) is 13.8 Å². The lowest BCUT2D eigenvalue weighted by molar-refractivity contribution is -0.0491. The van der Waals surface area contributed by atoms with Crippen molar-refractivity contribution in [2.75, 3.05) is 7.05 Å². The van der Waals surface area contributed by atoms with Crippen LogP contribution in [0.5, 0.6) is 0 Å². The largest absolute Gasteiger partial charge is 0.511 e. The number of halogens is 3. The van der Waals surface area contributed by atoms with Gasteiger partial charge in [-0.05, 0) is 5.92 Å². The molecule has 0 aromatic carbocycles. The lowest BCUT2D eigenvalue weighted by atomic mass is 10.1. The second-order valence-electron chi connectivity index (χ2n) is 3.28. The summed E-state index contributed by atoms with van der Waals surface area (Å²) in [6.45, 7) is 2.94. The molecule has 0 aromatic rings. The molecule has 8 heteroatoms. The van der Waals surface area contributed by atoms with Crippen LogP contribution < -0.4 is 0 Å². The zero-order chi connectivity index (χ0) is 12.4. The topological polar surface area (TPSA) is 61.2 Å². The van der Waals surface area contributed by atoms with Gasteiger partial charge in [0.15, 0.2) is 0 Å². The smallest absolute Gasteiger partial charge is 0.203 e. The van der Waals surface area contributed by atoms with E-state index in [1.54, 1.807) is 0 Å². The van der Waals surface area contributed by atoms with E-state index in [1.807, 2.05) is 0 Å². The van der Waals surface area contributed by atoms with E-state index >= 15 is 0 Å². The van der Waals surface area contributed by atoms with Gasteiger partial charge in [-0.15, -0.1) is 0 Å². The van der Waals surface area contributed by atoms with Gasteiger partial charge in [0, 0.05) is 7.05 Å². The maximum atomic E-state index is 12.1. The van der Waals surface area contributed by atoms with Crippen LogP contribution in [-0.4, -0.2) is 31.3 Å². The predicted octanol–water partition coefficient (Wildman–Crippen LogP) is 1.32. The fraction of sp³-hybridized carbons (Fsp3) is 0.857. The van der Waals surface area contributed by atoms with E-state index in [4.69, 9.17) is 5.26 Å². The quantitative estimate of drug-likeness (QED) is 0.752.